The van der Waals surface area contributed by atoms with Crippen molar-refractivity contribution in [3.05, 3.63) is 59.2 Å². The van der Waals surface area contributed by atoms with Crippen molar-refractivity contribution in [1.82, 2.24) is 4.90 Å². The summed E-state index contributed by atoms with van der Waals surface area (Å²) < 4.78 is 39.3. The number of carbonyl (C=O) groups is 1. The minimum Gasteiger partial charge on any atom is -0.350 e. The third-order valence-electron chi connectivity index (χ3n) is 5.88. The zero-order chi connectivity index (χ0) is 22.0. The van der Waals surface area contributed by atoms with Crippen molar-refractivity contribution in [2.75, 3.05) is 31.0 Å². The first-order chi connectivity index (χ1) is 14.8. The molecule has 0 saturated carbocycles. The first kappa shape index (κ1) is 21.8. The molecule has 0 aromatic heterocycles. The van der Waals surface area contributed by atoms with Crippen LogP contribution in [-0.4, -0.2) is 51.8 Å². The van der Waals surface area contributed by atoms with Crippen LogP contribution in [-0.2, 0) is 19.5 Å². The number of piperidine rings is 1. The molecule has 1 amide bonds. The van der Waals surface area contributed by atoms with Gasteiger partial charge in [0.2, 0.25) is 0 Å². The summed E-state index contributed by atoms with van der Waals surface area (Å²) in [6, 6.07) is 11.9. The average molecular weight is 445 g/mol. The van der Waals surface area contributed by atoms with E-state index < -0.39 is 10.0 Å². The first-order valence-electron chi connectivity index (χ1n) is 10.6. The van der Waals surface area contributed by atoms with E-state index in [0.717, 1.165) is 18.4 Å². The average Bonchev–Trinajstić information content (AvgIpc) is 3.30. The van der Waals surface area contributed by atoms with E-state index in [4.69, 9.17) is 9.47 Å². The quantitative estimate of drug-likeness (QED) is 0.765. The van der Waals surface area contributed by atoms with E-state index in [0.29, 0.717) is 49.0 Å². The summed E-state index contributed by atoms with van der Waals surface area (Å²) in [4.78, 5) is 14.9. The molecular weight excluding hydrogens is 416 g/mol. The molecule has 2 aliphatic rings. The number of hydrogen-bond donors (Lipinski definition) is 1. The second kappa shape index (κ2) is 8.98. The van der Waals surface area contributed by atoms with Gasteiger partial charge in [0, 0.05) is 30.3 Å². The first-order valence-corrected chi connectivity index (χ1v) is 12.0. The Labute approximate surface area is 183 Å². The van der Waals surface area contributed by atoms with E-state index >= 15 is 0 Å². The number of benzene rings is 2. The maximum Gasteiger partial charge on any atom is 0.262 e. The molecule has 0 radical (unpaired) electrons. The fourth-order valence-corrected chi connectivity index (χ4v) is 5.48. The minimum absolute atomic E-state index is 0.0457. The van der Waals surface area contributed by atoms with Crippen LogP contribution in [0.15, 0.2) is 47.4 Å². The number of rotatable bonds is 5. The highest BCUT2D eigenvalue weighted by molar-refractivity contribution is 7.92. The van der Waals surface area contributed by atoms with Crippen LogP contribution in [0, 0.1) is 19.8 Å². The number of likely N-dealkylation sites (tertiary alicyclic amines) is 1. The third kappa shape index (κ3) is 4.92. The molecule has 166 valence electrons. The number of hydrogen-bond acceptors (Lipinski definition) is 5. The molecule has 2 saturated heterocycles. The summed E-state index contributed by atoms with van der Waals surface area (Å²) in [6.45, 7) is 6.23. The molecule has 8 heteroatoms. The number of aryl methyl sites for hydroxylation is 2. The summed E-state index contributed by atoms with van der Waals surface area (Å²) in [5.74, 6) is 0.282. The van der Waals surface area contributed by atoms with Crippen molar-refractivity contribution in [3.63, 3.8) is 0 Å². The monoisotopic (exact) mass is 444 g/mol. The third-order valence-corrected chi connectivity index (χ3v) is 7.40. The van der Waals surface area contributed by atoms with Gasteiger partial charge in [0.05, 0.1) is 18.1 Å². The number of sulfonamides is 1. The van der Waals surface area contributed by atoms with Crippen molar-refractivity contribution in [3.8, 4) is 0 Å². The van der Waals surface area contributed by atoms with Crippen molar-refractivity contribution >= 4 is 21.6 Å². The minimum atomic E-state index is -3.70. The summed E-state index contributed by atoms with van der Waals surface area (Å²) in [7, 11) is -3.70. The van der Waals surface area contributed by atoms with Gasteiger partial charge in [-0.15, -0.1) is 0 Å². The maximum atomic E-state index is 12.9. The number of anilines is 1. The highest BCUT2D eigenvalue weighted by Gasteiger charge is 2.32. The number of amides is 1. The Kier molecular flexibility index (Phi) is 6.31. The summed E-state index contributed by atoms with van der Waals surface area (Å²) in [6.07, 6.45) is 1.57. The molecule has 7 nitrogen and oxygen atoms in total. The highest BCUT2D eigenvalue weighted by Crippen LogP contribution is 2.27. The number of nitrogens with zero attached hydrogens (tertiary/aromatic N) is 1. The van der Waals surface area contributed by atoms with E-state index in [-0.39, 0.29) is 17.1 Å². The lowest BCUT2D eigenvalue weighted by atomic mass is 9.95. The Balaban J connectivity index is 1.39. The molecule has 2 aromatic rings. The van der Waals surface area contributed by atoms with Gasteiger partial charge in [-0.2, -0.15) is 0 Å². The van der Waals surface area contributed by atoms with Crippen molar-refractivity contribution in [2.24, 2.45) is 5.92 Å². The lowest BCUT2D eigenvalue weighted by Crippen LogP contribution is -2.41. The van der Waals surface area contributed by atoms with Crippen molar-refractivity contribution in [1.29, 1.82) is 0 Å². The zero-order valence-corrected chi connectivity index (χ0v) is 18.7. The van der Waals surface area contributed by atoms with Crippen molar-refractivity contribution in [2.45, 2.75) is 37.9 Å². The van der Waals surface area contributed by atoms with E-state index in [1.54, 1.807) is 43.3 Å². The zero-order valence-electron chi connectivity index (χ0n) is 17.8. The van der Waals surface area contributed by atoms with Crippen LogP contribution >= 0.6 is 0 Å². The molecule has 31 heavy (non-hydrogen) atoms. The SMILES string of the molecule is Cc1ccc(C)c(S(=O)(=O)Nc2ccc(C(=O)N3CCC(C4OCCO4)CC3)cc2)c1. The van der Waals surface area contributed by atoms with Gasteiger partial charge in [-0.05, 0) is 68.1 Å². The van der Waals surface area contributed by atoms with Crippen LogP contribution in [0.4, 0.5) is 5.69 Å². The van der Waals surface area contributed by atoms with Crippen LogP contribution in [0.2, 0.25) is 0 Å². The largest absolute Gasteiger partial charge is 0.350 e. The molecule has 0 atom stereocenters. The van der Waals surface area contributed by atoms with Gasteiger partial charge in [0.1, 0.15) is 0 Å². The molecule has 0 aliphatic carbocycles. The molecule has 0 spiro atoms. The van der Waals surface area contributed by atoms with Crippen LogP contribution < -0.4 is 4.72 Å². The highest BCUT2D eigenvalue weighted by atomic mass is 32.2. The Morgan fingerprint density at radius 1 is 1.00 bits per heavy atom. The summed E-state index contributed by atoms with van der Waals surface area (Å²) in [5.41, 5.74) is 2.52. The van der Waals surface area contributed by atoms with Gasteiger partial charge in [-0.1, -0.05) is 12.1 Å². The maximum absolute atomic E-state index is 12.9. The molecule has 2 fully saturated rings. The fraction of sp³-hybridized carbons (Fsp3) is 0.435. The molecule has 4 rings (SSSR count). The lowest BCUT2D eigenvalue weighted by Gasteiger charge is -2.33. The molecule has 1 N–H and O–H groups in total. The Hall–Kier alpha value is -2.42. The Bertz CT molecular complexity index is 1040. The van der Waals surface area contributed by atoms with Gasteiger partial charge in [0.25, 0.3) is 15.9 Å². The van der Waals surface area contributed by atoms with Gasteiger partial charge in [-0.25, -0.2) is 8.42 Å². The van der Waals surface area contributed by atoms with Crippen molar-refractivity contribution < 1.29 is 22.7 Å². The molecule has 0 bridgehead atoms. The van der Waals surface area contributed by atoms with Crippen LogP contribution in [0.3, 0.4) is 0 Å². The van der Waals surface area contributed by atoms with E-state index in [9.17, 15) is 13.2 Å². The summed E-state index contributed by atoms with van der Waals surface area (Å²) >= 11 is 0. The second-order valence-corrected chi connectivity index (χ2v) is 9.84. The van der Waals surface area contributed by atoms with Gasteiger partial charge in [-0.3, -0.25) is 9.52 Å². The Morgan fingerprint density at radius 2 is 1.65 bits per heavy atom. The van der Waals surface area contributed by atoms with E-state index in [1.165, 1.54) is 0 Å². The standard InChI is InChI=1S/C23H28N2O5S/c1-16-3-4-17(2)21(15-16)31(27,28)24-20-7-5-18(6-8-20)22(26)25-11-9-19(10-12-25)23-29-13-14-30-23/h3-8,15,19,23-24H,9-14H2,1-2H3. The predicted molar refractivity (Wildman–Crippen MR) is 117 cm³/mol. The number of ether oxygens (including phenoxy) is 2. The van der Waals surface area contributed by atoms with Crippen LogP contribution in [0.25, 0.3) is 0 Å². The molecule has 0 unspecified atom stereocenters. The summed E-state index contributed by atoms with van der Waals surface area (Å²) in [5, 5.41) is 0. The van der Waals surface area contributed by atoms with Crippen LogP contribution in [0.5, 0.6) is 0 Å². The van der Waals surface area contributed by atoms with Gasteiger partial charge < -0.3 is 14.4 Å². The molecule has 2 heterocycles. The number of nitrogens with one attached hydrogen (secondary N) is 1. The normalized spacial score (nSPS) is 18.3. The lowest BCUT2D eigenvalue weighted by molar-refractivity contribution is -0.0956. The smallest absolute Gasteiger partial charge is 0.262 e. The van der Waals surface area contributed by atoms with Crippen LogP contribution in [0.1, 0.15) is 34.3 Å². The van der Waals surface area contributed by atoms with E-state index in [2.05, 4.69) is 4.72 Å². The fourth-order valence-electron chi connectivity index (χ4n) is 4.09. The van der Waals surface area contributed by atoms with Gasteiger partial charge in [0.15, 0.2) is 6.29 Å². The molecule has 2 aromatic carbocycles. The second-order valence-electron chi connectivity index (χ2n) is 8.19. The van der Waals surface area contributed by atoms with E-state index in [1.807, 2.05) is 17.9 Å². The predicted octanol–water partition coefficient (Wildman–Crippen LogP) is 3.33. The van der Waals surface area contributed by atoms with Gasteiger partial charge >= 0.3 is 0 Å². The Morgan fingerprint density at radius 3 is 2.29 bits per heavy atom. The molecular formula is C23H28N2O5S. The molecule has 2 aliphatic heterocycles. The topological polar surface area (TPSA) is 84.9 Å². The number of carbonyl (C=O) groups excluding carboxylic acids is 1.